The molecule has 1 unspecified atom stereocenters. The van der Waals surface area contributed by atoms with Gasteiger partial charge in [0, 0.05) is 30.7 Å². The lowest BCUT2D eigenvalue weighted by atomic mass is 9.98. The number of nitro groups is 1. The fraction of sp³-hybridized carbons (Fsp3) is 0.258. The third-order valence-corrected chi connectivity index (χ3v) is 8.50. The fourth-order valence-electron chi connectivity index (χ4n) is 4.92. The topological polar surface area (TPSA) is 154 Å². The Balaban J connectivity index is 1.27. The number of rotatable bonds is 11. The molecule has 1 aliphatic heterocycles. The number of carbonyl (C=O) groups excluding carboxylic acids is 2. The summed E-state index contributed by atoms with van der Waals surface area (Å²) in [4.78, 5) is 37.1. The molecule has 1 atom stereocenters. The average Bonchev–Trinajstić information content (AvgIpc) is 3.66. The number of hydrazone groups is 1. The van der Waals surface area contributed by atoms with Gasteiger partial charge < -0.3 is 19.4 Å². The summed E-state index contributed by atoms with van der Waals surface area (Å²) in [7, 11) is 4.95. The van der Waals surface area contributed by atoms with Crippen LogP contribution in [0, 0.1) is 17.0 Å². The predicted molar refractivity (Wildman–Crippen MR) is 167 cm³/mol. The van der Waals surface area contributed by atoms with Crippen LogP contribution in [-0.2, 0) is 18.4 Å². The van der Waals surface area contributed by atoms with Crippen molar-refractivity contribution in [3.05, 3.63) is 105 Å². The summed E-state index contributed by atoms with van der Waals surface area (Å²) >= 11 is 1.21. The minimum absolute atomic E-state index is 0.0418. The number of hydrogen-bond acceptors (Lipinski definition) is 10. The molecule has 0 spiro atoms. The SMILES string of the molecule is COc1ccc(C2=NN(C(=O)CSc3nnc(CNC(=O)c4cccc([N+](=O)[O-])c4C)n3C)C(c3ccc(OC)cc3)C2)cc1. The molecule has 0 saturated heterocycles. The molecule has 2 amide bonds. The van der Waals surface area contributed by atoms with E-state index in [0.29, 0.717) is 17.4 Å². The number of nitrogens with zero attached hydrogens (tertiary/aromatic N) is 6. The maximum atomic E-state index is 13.6. The highest BCUT2D eigenvalue weighted by Gasteiger charge is 2.33. The van der Waals surface area contributed by atoms with Gasteiger partial charge in [0.15, 0.2) is 11.0 Å². The summed E-state index contributed by atoms with van der Waals surface area (Å²) in [6.07, 6.45) is 0.535. The number of hydrogen-bond donors (Lipinski definition) is 1. The second-order valence-corrected chi connectivity index (χ2v) is 11.1. The number of benzene rings is 3. The largest absolute Gasteiger partial charge is 0.497 e. The predicted octanol–water partition coefficient (Wildman–Crippen LogP) is 4.45. The van der Waals surface area contributed by atoms with Crippen LogP contribution in [0.4, 0.5) is 5.69 Å². The van der Waals surface area contributed by atoms with Gasteiger partial charge in [-0.15, -0.1) is 10.2 Å². The molecule has 1 N–H and O–H groups in total. The van der Waals surface area contributed by atoms with Crippen LogP contribution in [0.2, 0.25) is 0 Å². The van der Waals surface area contributed by atoms with E-state index < -0.39 is 10.8 Å². The second kappa shape index (κ2) is 13.6. The van der Waals surface area contributed by atoms with Crippen molar-refractivity contribution in [3.8, 4) is 11.5 Å². The molecule has 2 heterocycles. The third kappa shape index (κ3) is 6.80. The number of thioether (sulfide) groups is 1. The van der Waals surface area contributed by atoms with Crippen molar-refractivity contribution in [2.75, 3.05) is 20.0 Å². The first kappa shape index (κ1) is 31.2. The van der Waals surface area contributed by atoms with E-state index in [1.165, 1.54) is 41.9 Å². The number of carbonyl (C=O) groups is 2. The van der Waals surface area contributed by atoms with E-state index in [9.17, 15) is 19.7 Å². The first-order valence-electron chi connectivity index (χ1n) is 13.9. The van der Waals surface area contributed by atoms with Crippen LogP contribution < -0.4 is 14.8 Å². The van der Waals surface area contributed by atoms with Gasteiger partial charge >= 0.3 is 0 Å². The molecule has 14 heteroatoms. The van der Waals surface area contributed by atoms with Crippen molar-refractivity contribution >= 4 is 35.0 Å². The molecule has 232 valence electrons. The Morgan fingerprint density at radius 2 is 1.69 bits per heavy atom. The Labute approximate surface area is 263 Å². The molecular formula is C31H31N7O6S. The molecular weight excluding hydrogens is 598 g/mol. The van der Waals surface area contributed by atoms with E-state index >= 15 is 0 Å². The van der Waals surface area contributed by atoms with Crippen molar-refractivity contribution in [2.45, 2.75) is 31.1 Å². The number of nitrogens with one attached hydrogen (secondary N) is 1. The summed E-state index contributed by atoms with van der Waals surface area (Å²) in [6, 6.07) is 19.2. The zero-order valence-electron chi connectivity index (χ0n) is 25.1. The van der Waals surface area contributed by atoms with Crippen LogP contribution >= 0.6 is 11.8 Å². The highest BCUT2D eigenvalue weighted by molar-refractivity contribution is 7.99. The molecule has 0 saturated carbocycles. The first-order chi connectivity index (χ1) is 21.7. The Hall–Kier alpha value is -5.24. The van der Waals surface area contributed by atoms with Gasteiger partial charge in [0.05, 0.1) is 43.2 Å². The second-order valence-electron chi connectivity index (χ2n) is 10.1. The number of nitro benzene ring substituents is 1. The minimum Gasteiger partial charge on any atom is -0.497 e. The summed E-state index contributed by atoms with van der Waals surface area (Å²) in [5.74, 6) is 1.29. The van der Waals surface area contributed by atoms with Gasteiger partial charge in [-0.25, -0.2) is 5.01 Å². The zero-order valence-corrected chi connectivity index (χ0v) is 25.9. The van der Waals surface area contributed by atoms with Gasteiger partial charge in [0.25, 0.3) is 17.5 Å². The lowest BCUT2D eigenvalue weighted by Crippen LogP contribution is -2.28. The van der Waals surface area contributed by atoms with Crippen LogP contribution in [0.1, 0.15) is 45.3 Å². The zero-order chi connectivity index (χ0) is 32.1. The quantitative estimate of drug-likeness (QED) is 0.144. The van der Waals surface area contributed by atoms with Crippen molar-refractivity contribution in [1.29, 1.82) is 0 Å². The van der Waals surface area contributed by atoms with Crippen molar-refractivity contribution in [2.24, 2.45) is 12.1 Å². The maximum absolute atomic E-state index is 13.6. The Kier molecular flexibility index (Phi) is 9.42. The number of aromatic nitrogens is 3. The van der Waals surface area contributed by atoms with Crippen LogP contribution in [-0.4, -0.2) is 62.2 Å². The van der Waals surface area contributed by atoms with Crippen LogP contribution in [0.3, 0.4) is 0 Å². The first-order valence-corrected chi connectivity index (χ1v) is 14.9. The van der Waals surface area contributed by atoms with Gasteiger partial charge in [-0.1, -0.05) is 30.0 Å². The Morgan fingerprint density at radius 3 is 2.33 bits per heavy atom. The third-order valence-electron chi connectivity index (χ3n) is 7.49. The van der Waals surface area contributed by atoms with Gasteiger partial charge in [0.1, 0.15) is 11.5 Å². The van der Waals surface area contributed by atoms with Crippen molar-refractivity contribution < 1.29 is 24.0 Å². The van der Waals surface area contributed by atoms with Gasteiger partial charge in [-0.05, 0) is 60.5 Å². The smallest absolute Gasteiger partial charge is 0.273 e. The summed E-state index contributed by atoms with van der Waals surface area (Å²) in [5.41, 5.74) is 2.97. The maximum Gasteiger partial charge on any atom is 0.273 e. The lowest BCUT2D eigenvalue weighted by Gasteiger charge is -2.22. The standard InChI is InChI=1S/C31H31N7O6S/c1-19-24(6-5-7-26(19)38(41)42)30(40)32-17-28-33-34-31(36(28)2)45-18-29(39)37-27(21-10-14-23(44-4)15-11-21)16-25(35-37)20-8-12-22(43-3)13-9-20/h5-15,27H,16-18H2,1-4H3,(H,32,40). The molecule has 5 rings (SSSR count). The molecule has 0 bridgehead atoms. The normalized spacial score (nSPS) is 14.2. The summed E-state index contributed by atoms with van der Waals surface area (Å²) in [6.45, 7) is 1.57. The van der Waals surface area contributed by atoms with Crippen molar-refractivity contribution in [1.82, 2.24) is 25.1 Å². The van der Waals surface area contributed by atoms with Gasteiger partial charge in [-0.3, -0.25) is 19.7 Å². The molecule has 4 aromatic rings. The number of ether oxygens (including phenoxy) is 2. The molecule has 1 aromatic heterocycles. The number of methoxy groups -OCH3 is 2. The van der Waals surface area contributed by atoms with E-state index in [-0.39, 0.29) is 41.1 Å². The fourth-order valence-corrected chi connectivity index (χ4v) is 5.71. The van der Waals surface area contributed by atoms with Crippen molar-refractivity contribution in [3.63, 3.8) is 0 Å². The molecule has 0 fully saturated rings. The number of amides is 2. The van der Waals surface area contributed by atoms with Gasteiger partial charge in [0.2, 0.25) is 0 Å². The lowest BCUT2D eigenvalue weighted by molar-refractivity contribution is -0.385. The van der Waals surface area contributed by atoms with E-state index in [0.717, 1.165) is 28.3 Å². The van der Waals surface area contributed by atoms with Crippen LogP contribution in [0.5, 0.6) is 11.5 Å². The highest BCUT2D eigenvalue weighted by atomic mass is 32.2. The monoisotopic (exact) mass is 629 g/mol. The molecule has 1 aliphatic rings. The Morgan fingerprint density at radius 1 is 1.02 bits per heavy atom. The Bertz CT molecular complexity index is 1760. The summed E-state index contributed by atoms with van der Waals surface area (Å²) < 4.78 is 12.3. The molecule has 3 aromatic carbocycles. The van der Waals surface area contributed by atoms with E-state index in [1.54, 1.807) is 25.8 Å². The minimum atomic E-state index is -0.522. The average molecular weight is 630 g/mol. The molecule has 0 radical (unpaired) electrons. The molecule has 45 heavy (non-hydrogen) atoms. The van der Waals surface area contributed by atoms with Gasteiger partial charge in [-0.2, -0.15) is 5.10 Å². The van der Waals surface area contributed by atoms with Crippen LogP contribution in [0.15, 0.2) is 77.0 Å². The van der Waals surface area contributed by atoms with Crippen LogP contribution in [0.25, 0.3) is 0 Å². The highest BCUT2D eigenvalue weighted by Crippen LogP contribution is 2.35. The molecule has 0 aliphatic carbocycles. The molecule has 13 nitrogen and oxygen atoms in total. The summed E-state index contributed by atoms with van der Waals surface area (Å²) in [5, 5.41) is 29.1. The van der Waals surface area contributed by atoms with E-state index in [4.69, 9.17) is 14.6 Å². The van der Waals surface area contributed by atoms with E-state index in [2.05, 4.69) is 15.5 Å². The van der Waals surface area contributed by atoms with E-state index in [1.807, 2.05) is 48.5 Å².